The van der Waals surface area contributed by atoms with Gasteiger partial charge in [0.2, 0.25) is 11.8 Å². The maximum Gasteiger partial charge on any atom is 0.261 e. The van der Waals surface area contributed by atoms with Crippen LogP contribution in [0.5, 0.6) is 5.75 Å². The van der Waals surface area contributed by atoms with Crippen LogP contribution in [0, 0.1) is 11.3 Å². The Balaban J connectivity index is 1.91. The highest BCUT2D eigenvalue weighted by molar-refractivity contribution is 7.92. The minimum atomic E-state index is -3.88. The molecule has 3 rings (SSSR count). The Hall–Kier alpha value is -3.07. The summed E-state index contributed by atoms with van der Waals surface area (Å²) in [6.07, 6.45) is 0.803. The zero-order valence-electron chi connectivity index (χ0n) is 19.6. The summed E-state index contributed by atoms with van der Waals surface area (Å²) >= 11 is 0. The molecule has 2 aromatic rings. The summed E-state index contributed by atoms with van der Waals surface area (Å²) in [5, 5.41) is 2.60. The molecule has 0 aliphatic carbocycles. The number of hydrogen-bond donors (Lipinski definition) is 2. The van der Waals surface area contributed by atoms with Crippen molar-refractivity contribution in [1.82, 2.24) is 0 Å². The number of hydrogen-bond acceptors (Lipinski definition) is 5. The number of amides is 2. The average molecular weight is 474 g/mol. The SMILES string of the molecule is CC(=O)Nc1ccc(S(=O)(=O)Nc2ccc3c(c2)N(CCC(C)C)C(=O)C(C)(C)CO3)cc1. The minimum absolute atomic E-state index is 0.0525. The number of sulfonamides is 1. The van der Waals surface area contributed by atoms with Crippen LogP contribution in [-0.2, 0) is 19.6 Å². The highest BCUT2D eigenvalue weighted by atomic mass is 32.2. The van der Waals surface area contributed by atoms with Gasteiger partial charge >= 0.3 is 0 Å². The Kier molecular flexibility index (Phi) is 7.02. The first kappa shape index (κ1) is 24.6. The maximum absolute atomic E-state index is 13.2. The number of benzene rings is 2. The Labute approximate surface area is 195 Å². The molecule has 2 amide bonds. The lowest BCUT2D eigenvalue weighted by atomic mass is 9.92. The van der Waals surface area contributed by atoms with Crippen molar-refractivity contribution in [1.29, 1.82) is 0 Å². The van der Waals surface area contributed by atoms with E-state index in [1.807, 2.05) is 13.8 Å². The fourth-order valence-electron chi connectivity index (χ4n) is 3.45. The quantitative estimate of drug-likeness (QED) is 0.626. The summed E-state index contributed by atoms with van der Waals surface area (Å²) in [6.45, 7) is 10.00. The van der Waals surface area contributed by atoms with Crippen LogP contribution in [0.15, 0.2) is 47.4 Å². The van der Waals surface area contributed by atoms with Gasteiger partial charge < -0.3 is 15.0 Å². The predicted molar refractivity (Wildman–Crippen MR) is 129 cm³/mol. The molecule has 0 spiro atoms. The number of nitrogens with one attached hydrogen (secondary N) is 2. The predicted octanol–water partition coefficient (Wildman–Crippen LogP) is 4.24. The smallest absolute Gasteiger partial charge is 0.261 e. The molecular weight excluding hydrogens is 442 g/mol. The summed E-state index contributed by atoms with van der Waals surface area (Å²) in [5.74, 6) is 0.641. The first-order valence-electron chi connectivity index (χ1n) is 10.9. The monoisotopic (exact) mass is 473 g/mol. The number of carbonyl (C=O) groups is 2. The topological polar surface area (TPSA) is 105 Å². The van der Waals surface area contributed by atoms with Crippen molar-refractivity contribution in [3.05, 3.63) is 42.5 Å². The molecule has 2 aromatic carbocycles. The molecule has 0 bridgehead atoms. The summed E-state index contributed by atoms with van der Waals surface area (Å²) in [6, 6.07) is 10.8. The third kappa shape index (κ3) is 5.84. The summed E-state index contributed by atoms with van der Waals surface area (Å²) < 4.78 is 34.3. The van der Waals surface area contributed by atoms with Crippen LogP contribution in [0.25, 0.3) is 0 Å². The van der Waals surface area contributed by atoms with Crippen LogP contribution < -0.4 is 19.7 Å². The molecule has 2 N–H and O–H groups in total. The Morgan fingerprint density at radius 3 is 2.36 bits per heavy atom. The van der Waals surface area contributed by atoms with Crippen LogP contribution in [0.3, 0.4) is 0 Å². The summed E-state index contributed by atoms with van der Waals surface area (Å²) in [5.41, 5.74) is 0.675. The van der Waals surface area contributed by atoms with E-state index >= 15 is 0 Å². The van der Waals surface area contributed by atoms with E-state index in [2.05, 4.69) is 23.9 Å². The van der Waals surface area contributed by atoms with Gasteiger partial charge in [0, 0.05) is 19.2 Å². The normalized spacial score (nSPS) is 15.5. The average Bonchev–Trinajstić information content (AvgIpc) is 2.81. The van der Waals surface area contributed by atoms with Gasteiger partial charge in [-0.15, -0.1) is 0 Å². The van der Waals surface area contributed by atoms with Crippen LogP contribution in [-0.4, -0.2) is 33.4 Å². The van der Waals surface area contributed by atoms with E-state index in [1.54, 1.807) is 23.1 Å². The largest absolute Gasteiger partial charge is 0.490 e. The van der Waals surface area contributed by atoms with Crippen LogP contribution in [0.2, 0.25) is 0 Å². The zero-order chi connectivity index (χ0) is 24.4. The van der Waals surface area contributed by atoms with Gasteiger partial charge in [-0.3, -0.25) is 14.3 Å². The molecule has 0 saturated carbocycles. The molecular formula is C24H31N3O5S. The fourth-order valence-corrected chi connectivity index (χ4v) is 4.50. The molecule has 0 unspecified atom stereocenters. The third-order valence-corrected chi connectivity index (χ3v) is 6.73. The lowest BCUT2D eigenvalue weighted by molar-refractivity contribution is -0.127. The molecule has 1 heterocycles. The van der Waals surface area contributed by atoms with Crippen molar-refractivity contribution in [2.75, 3.05) is 28.1 Å². The lowest BCUT2D eigenvalue weighted by Gasteiger charge is -2.28. The molecule has 178 valence electrons. The van der Waals surface area contributed by atoms with E-state index in [0.29, 0.717) is 35.3 Å². The van der Waals surface area contributed by atoms with E-state index in [-0.39, 0.29) is 23.3 Å². The first-order chi connectivity index (χ1) is 15.4. The minimum Gasteiger partial charge on any atom is -0.490 e. The van der Waals surface area contributed by atoms with E-state index in [4.69, 9.17) is 4.74 Å². The molecule has 0 aromatic heterocycles. The van der Waals surface area contributed by atoms with Gasteiger partial charge in [0.25, 0.3) is 10.0 Å². The molecule has 0 radical (unpaired) electrons. The second kappa shape index (κ2) is 9.43. The van der Waals surface area contributed by atoms with E-state index < -0.39 is 15.4 Å². The number of rotatable bonds is 7. The Morgan fingerprint density at radius 2 is 1.76 bits per heavy atom. The molecule has 0 atom stereocenters. The van der Waals surface area contributed by atoms with Crippen molar-refractivity contribution in [2.24, 2.45) is 11.3 Å². The molecule has 0 fully saturated rings. The van der Waals surface area contributed by atoms with Crippen molar-refractivity contribution in [3.63, 3.8) is 0 Å². The van der Waals surface area contributed by atoms with Gasteiger partial charge in [0.05, 0.1) is 21.7 Å². The van der Waals surface area contributed by atoms with E-state index in [9.17, 15) is 18.0 Å². The van der Waals surface area contributed by atoms with E-state index in [0.717, 1.165) is 6.42 Å². The number of nitrogens with zero attached hydrogens (tertiary/aromatic N) is 1. The van der Waals surface area contributed by atoms with Crippen LogP contribution in [0.4, 0.5) is 17.1 Å². The summed E-state index contributed by atoms with van der Waals surface area (Å²) in [7, 11) is -3.88. The summed E-state index contributed by atoms with van der Waals surface area (Å²) in [4.78, 5) is 26.2. The number of ether oxygens (including phenoxy) is 1. The second-order valence-electron chi connectivity index (χ2n) is 9.31. The molecule has 1 aliphatic heterocycles. The molecule has 33 heavy (non-hydrogen) atoms. The number of anilines is 3. The molecule has 9 heteroatoms. The van der Waals surface area contributed by atoms with Gasteiger partial charge in [-0.2, -0.15) is 0 Å². The van der Waals surface area contributed by atoms with Gasteiger partial charge in [0.1, 0.15) is 12.4 Å². The second-order valence-corrected chi connectivity index (χ2v) is 11.0. The highest BCUT2D eigenvalue weighted by Crippen LogP contribution is 2.39. The third-order valence-electron chi connectivity index (χ3n) is 5.33. The molecule has 1 aliphatic rings. The van der Waals surface area contributed by atoms with E-state index in [1.165, 1.54) is 31.2 Å². The van der Waals surface area contributed by atoms with Crippen LogP contribution in [0.1, 0.15) is 41.0 Å². The zero-order valence-corrected chi connectivity index (χ0v) is 20.5. The number of fused-ring (bicyclic) bond motifs is 1. The van der Waals surface area contributed by atoms with Gasteiger partial charge in [-0.05, 0) is 68.7 Å². The first-order valence-corrected chi connectivity index (χ1v) is 12.4. The lowest BCUT2D eigenvalue weighted by Crippen LogP contribution is -2.42. The Bertz CT molecular complexity index is 1140. The maximum atomic E-state index is 13.2. The molecule has 8 nitrogen and oxygen atoms in total. The van der Waals surface area contributed by atoms with Crippen molar-refractivity contribution < 1.29 is 22.7 Å². The van der Waals surface area contributed by atoms with Gasteiger partial charge in [-0.25, -0.2) is 8.42 Å². The van der Waals surface area contributed by atoms with Crippen molar-refractivity contribution in [3.8, 4) is 5.75 Å². The Morgan fingerprint density at radius 1 is 1.12 bits per heavy atom. The molecule has 0 saturated heterocycles. The van der Waals surface area contributed by atoms with Gasteiger partial charge in [0.15, 0.2) is 0 Å². The standard InChI is InChI=1S/C24H31N3O5S/c1-16(2)12-13-27-21-14-19(8-11-22(21)32-15-24(4,5)23(27)29)26-33(30,31)20-9-6-18(7-10-20)25-17(3)28/h6-11,14,16,26H,12-13,15H2,1-5H3,(H,25,28). The van der Waals surface area contributed by atoms with Crippen molar-refractivity contribution >= 4 is 38.9 Å². The van der Waals surface area contributed by atoms with Crippen LogP contribution >= 0.6 is 0 Å². The van der Waals surface area contributed by atoms with Gasteiger partial charge in [-0.1, -0.05) is 13.8 Å². The fraction of sp³-hybridized carbons (Fsp3) is 0.417. The van der Waals surface area contributed by atoms with Crippen molar-refractivity contribution in [2.45, 2.75) is 45.9 Å². The highest BCUT2D eigenvalue weighted by Gasteiger charge is 2.37. The number of carbonyl (C=O) groups excluding carboxylic acids is 2.